The van der Waals surface area contributed by atoms with Gasteiger partial charge in [-0.1, -0.05) is 18.2 Å². The Morgan fingerprint density at radius 3 is 2.56 bits per heavy atom. The second-order valence-electron chi connectivity index (χ2n) is 11.8. The van der Waals surface area contributed by atoms with E-state index < -0.39 is 35.6 Å². The van der Waals surface area contributed by atoms with E-state index in [1.54, 1.807) is 11.1 Å². The lowest BCUT2D eigenvalue weighted by atomic mass is 9.86. The summed E-state index contributed by atoms with van der Waals surface area (Å²) in [5.41, 5.74) is 1.52. The molecule has 2 saturated carbocycles. The Kier molecular flexibility index (Phi) is 6.43. The number of carbonyl (C=O) groups is 5. The number of nitrogens with one attached hydrogen (secondary N) is 3. The van der Waals surface area contributed by atoms with Gasteiger partial charge in [-0.25, -0.2) is 0 Å². The predicted molar refractivity (Wildman–Crippen MR) is 142 cm³/mol. The number of para-hydroxylation sites is 1. The molecule has 3 unspecified atom stereocenters. The maximum Gasteiger partial charge on any atom is 0.289 e. The van der Waals surface area contributed by atoms with Gasteiger partial charge in [0.2, 0.25) is 17.6 Å². The molecule has 2 saturated heterocycles. The molecule has 4 amide bonds. The van der Waals surface area contributed by atoms with Gasteiger partial charge in [-0.15, -0.1) is 0 Å². The zero-order valence-corrected chi connectivity index (χ0v) is 22.2. The van der Waals surface area contributed by atoms with Gasteiger partial charge in [0, 0.05) is 49.2 Å². The number of piperidine rings is 1. The number of likely N-dealkylation sites (tertiary alicyclic amines) is 1. The van der Waals surface area contributed by atoms with Gasteiger partial charge in [0.25, 0.3) is 11.8 Å². The van der Waals surface area contributed by atoms with Crippen LogP contribution < -0.4 is 16.0 Å². The van der Waals surface area contributed by atoms with Crippen LogP contribution in [0, 0.1) is 11.3 Å². The van der Waals surface area contributed by atoms with Gasteiger partial charge in [-0.3, -0.25) is 24.0 Å². The molecule has 1 aromatic carbocycles. The summed E-state index contributed by atoms with van der Waals surface area (Å²) in [6.45, 7) is 0.955. The van der Waals surface area contributed by atoms with E-state index in [2.05, 4.69) is 16.0 Å². The van der Waals surface area contributed by atoms with E-state index in [4.69, 9.17) is 0 Å². The molecule has 3 N–H and O–H groups in total. The average molecular weight is 534 g/mol. The summed E-state index contributed by atoms with van der Waals surface area (Å²) < 4.78 is 1.91. The lowest BCUT2D eigenvalue weighted by molar-refractivity contribution is -0.141. The average Bonchev–Trinajstić information content (AvgIpc) is 3.84. The molecule has 0 radical (unpaired) electrons. The molecule has 2 aliphatic carbocycles. The summed E-state index contributed by atoms with van der Waals surface area (Å²) in [7, 11) is 1.89. The van der Waals surface area contributed by atoms with Crippen LogP contribution in [-0.2, 0) is 26.2 Å². The Bertz CT molecular complexity index is 1360. The van der Waals surface area contributed by atoms with Gasteiger partial charge in [0.1, 0.15) is 6.04 Å². The molecular formula is C29H35N5O5. The molecule has 206 valence electrons. The Labute approximate surface area is 226 Å². The number of aryl methyl sites for hydroxylation is 1. The number of amides is 4. The van der Waals surface area contributed by atoms with Crippen LogP contribution in [0.5, 0.6) is 0 Å². The third kappa shape index (κ3) is 5.04. The topological polar surface area (TPSA) is 130 Å². The molecular weight excluding hydrogens is 498 g/mol. The third-order valence-electron chi connectivity index (χ3n) is 8.99. The highest BCUT2D eigenvalue weighted by Crippen LogP contribution is 2.55. The van der Waals surface area contributed by atoms with Crippen LogP contribution in [0.3, 0.4) is 0 Å². The predicted octanol–water partition coefficient (Wildman–Crippen LogP) is 1.42. The minimum atomic E-state index is -1.13. The van der Waals surface area contributed by atoms with E-state index in [-0.39, 0.29) is 29.7 Å². The first kappa shape index (κ1) is 25.6. The van der Waals surface area contributed by atoms with E-state index >= 15 is 0 Å². The zero-order valence-electron chi connectivity index (χ0n) is 22.2. The first-order valence-electron chi connectivity index (χ1n) is 14.0. The summed E-state index contributed by atoms with van der Waals surface area (Å²) in [6.07, 6.45) is 7.45. The van der Waals surface area contributed by atoms with Gasteiger partial charge in [-0.2, -0.15) is 0 Å². The molecule has 6 rings (SSSR count). The van der Waals surface area contributed by atoms with E-state index in [1.165, 1.54) is 0 Å². The fourth-order valence-corrected chi connectivity index (χ4v) is 6.21. The number of carbonyl (C=O) groups excluding carboxylic acids is 5. The number of rotatable bonds is 8. The summed E-state index contributed by atoms with van der Waals surface area (Å²) >= 11 is 0. The summed E-state index contributed by atoms with van der Waals surface area (Å²) in [6, 6.07) is 5.78. The molecule has 0 bridgehead atoms. The zero-order chi connectivity index (χ0) is 27.3. The Morgan fingerprint density at radius 1 is 1.10 bits per heavy atom. The van der Waals surface area contributed by atoms with Crippen LogP contribution in [0.15, 0.2) is 30.5 Å². The van der Waals surface area contributed by atoms with E-state index in [0.29, 0.717) is 31.5 Å². The molecule has 1 spiro atoms. The van der Waals surface area contributed by atoms with Gasteiger partial charge < -0.3 is 25.4 Å². The number of aromatic nitrogens is 1. The number of hydrogen-bond acceptors (Lipinski definition) is 5. The fourth-order valence-electron chi connectivity index (χ4n) is 6.21. The summed E-state index contributed by atoms with van der Waals surface area (Å²) in [5.74, 6) is -2.75. The number of nitrogens with zero attached hydrogens (tertiary/aromatic N) is 2. The van der Waals surface area contributed by atoms with E-state index in [1.807, 2.05) is 35.9 Å². The number of fused-ring (bicyclic) bond motifs is 1. The molecule has 1 aromatic heterocycles. The van der Waals surface area contributed by atoms with Crippen molar-refractivity contribution in [3.63, 3.8) is 0 Å². The van der Waals surface area contributed by atoms with Gasteiger partial charge in [0.15, 0.2) is 0 Å². The molecule has 2 aromatic rings. The molecule has 4 fully saturated rings. The quantitative estimate of drug-likeness (QED) is 0.442. The van der Waals surface area contributed by atoms with Crippen molar-refractivity contribution in [2.24, 2.45) is 18.4 Å². The fraction of sp³-hybridized carbons (Fsp3) is 0.552. The minimum Gasteiger partial charge on any atom is -0.356 e. The Morgan fingerprint density at radius 2 is 1.87 bits per heavy atom. The van der Waals surface area contributed by atoms with Gasteiger partial charge in [-0.05, 0) is 62.8 Å². The van der Waals surface area contributed by atoms with E-state index in [9.17, 15) is 24.0 Å². The molecule has 3 heterocycles. The molecule has 10 nitrogen and oxygen atoms in total. The van der Waals surface area contributed by atoms with Crippen molar-refractivity contribution in [3.05, 3.63) is 36.0 Å². The first-order chi connectivity index (χ1) is 18.7. The van der Waals surface area contributed by atoms with Crippen molar-refractivity contribution in [3.8, 4) is 0 Å². The van der Waals surface area contributed by atoms with E-state index in [0.717, 1.165) is 43.0 Å². The molecule has 10 heteroatoms. The van der Waals surface area contributed by atoms with Crippen LogP contribution >= 0.6 is 0 Å². The van der Waals surface area contributed by atoms with Crippen LogP contribution in [0.4, 0.5) is 0 Å². The third-order valence-corrected chi connectivity index (χ3v) is 8.99. The summed E-state index contributed by atoms with van der Waals surface area (Å²) in [4.78, 5) is 67.6. The maximum atomic E-state index is 13.9. The highest BCUT2D eigenvalue weighted by atomic mass is 16.2. The number of ketones is 1. The lowest BCUT2D eigenvalue weighted by Crippen LogP contribution is -2.58. The Balaban J connectivity index is 1.25. The second-order valence-corrected chi connectivity index (χ2v) is 11.8. The SMILES string of the molecule is Cn1cc(C(=O)N2CCC3(CC3)CC2C(=O)NC(CC2CCNC2=O)C(=O)C(=O)NC2CC2)c2ccccc21. The highest BCUT2D eigenvalue weighted by molar-refractivity contribution is 6.38. The highest BCUT2D eigenvalue weighted by Gasteiger charge is 2.51. The van der Waals surface area contributed by atoms with Crippen LogP contribution in [0.25, 0.3) is 10.9 Å². The second kappa shape index (κ2) is 9.81. The van der Waals surface area contributed by atoms with Crippen molar-refractivity contribution in [2.45, 2.75) is 69.5 Å². The minimum absolute atomic E-state index is 0.00513. The van der Waals surface area contributed by atoms with Crippen molar-refractivity contribution < 1.29 is 24.0 Å². The molecule has 3 atom stereocenters. The molecule has 39 heavy (non-hydrogen) atoms. The van der Waals surface area contributed by atoms with Crippen molar-refractivity contribution >= 4 is 40.3 Å². The molecule has 4 aliphatic rings. The van der Waals surface area contributed by atoms with Crippen molar-refractivity contribution in [1.29, 1.82) is 0 Å². The van der Waals surface area contributed by atoms with Gasteiger partial charge in [0.05, 0.1) is 11.6 Å². The largest absolute Gasteiger partial charge is 0.356 e. The Hall–Kier alpha value is -3.69. The van der Waals surface area contributed by atoms with Gasteiger partial charge >= 0.3 is 0 Å². The monoisotopic (exact) mass is 533 g/mol. The van der Waals surface area contributed by atoms with Crippen molar-refractivity contribution in [1.82, 2.24) is 25.4 Å². The number of benzene rings is 1. The normalized spacial score (nSPS) is 24.3. The van der Waals surface area contributed by atoms with Crippen LogP contribution in [-0.4, -0.2) is 70.1 Å². The van der Waals surface area contributed by atoms with Crippen LogP contribution in [0.2, 0.25) is 0 Å². The standard InChI is InChI=1S/C29H35N5O5/c1-33-16-20(19-4-2-3-5-22(19)33)28(39)34-13-11-29(9-10-29)15-23(34)26(37)32-21(14-17-8-12-30-25(17)36)24(35)27(38)31-18-6-7-18/h2-5,16-18,21,23H,6-15H2,1H3,(H,30,36)(H,31,38)(H,32,37). The smallest absolute Gasteiger partial charge is 0.289 e. The van der Waals surface area contributed by atoms with Crippen molar-refractivity contribution in [2.75, 3.05) is 13.1 Å². The first-order valence-corrected chi connectivity index (χ1v) is 14.0. The van der Waals surface area contributed by atoms with Crippen LogP contribution in [0.1, 0.15) is 61.7 Å². The molecule has 2 aliphatic heterocycles. The summed E-state index contributed by atoms with van der Waals surface area (Å²) in [5, 5.41) is 9.12. The number of hydrogen-bond donors (Lipinski definition) is 3. The number of Topliss-reactive ketones (excluding diaryl/α,β-unsaturated/α-hetero) is 1. The maximum absolute atomic E-state index is 13.9. The lowest BCUT2D eigenvalue weighted by Gasteiger charge is -2.39.